The maximum absolute atomic E-state index is 9.76. The SMILES string of the molecule is Cc1cc(C)c(C(C)C)c(C)c1O. The number of hydrogen-bond acceptors (Lipinski definition) is 1. The molecule has 0 heterocycles. The van der Waals surface area contributed by atoms with Crippen LogP contribution in [-0.4, -0.2) is 5.11 Å². The highest BCUT2D eigenvalue weighted by Crippen LogP contribution is 2.32. The second-order valence-corrected chi connectivity index (χ2v) is 4.05. The topological polar surface area (TPSA) is 20.2 Å². The summed E-state index contributed by atoms with van der Waals surface area (Å²) in [6.07, 6.45) is 0. The molecule has 0 fully saturated rings. The van der Waals surface area contributed by atoms with Crippen molar-refractivity contribution in [3.63, 3.8) is 0 Å². The van der Waals surface area contributed by atoms with Crippen molar-refractivity contribution in [2.24, 2.45) is 0 Å². The van der Waals surface area contributed by atoms with Gasteiger partial charge in [-0.1, -0.05) is 19.9 Å². The van der Waals surface area contributed by atoms with Crippen molar-refractivity contribution >= 4 is 0 Å². The lowest BCUT2D eigenvalue weighted by molar-refractivity contribution is 0.465. The first kappa shape index (κ1) is 10.1. The molecule has 0 aliphatic carbocycles. The lowest BCUT2D eigenvalue weighted by Gasteiger charge is -2.16. The molecule has 1 aromatic rings. The lowest BCUT2D eigenvalue weighted by Crippen LogP contribution is -1.97. The Balaban J connectivity index is 3.44. The molecule has 1 N–H and O–H groups in total. The predicted molar refractivity (Wildman–Crippen MR) is 56.4 cm³/mol. The third-order valence-electron chi connectivity index (χ3n) is 2.57. The Labute approximate surface area is 80.4 Å². The molecule has 0 saturated carbocycles. The van der Waals surface area contributed by atoms with Crippen molar-refractivity contribution in [3.8, 4) is 5.75 Å². The van der Waals surface area contributed by atoms with Crippen LogP contribution >= 0.6 is 0 Å². The maximum Gasteiger partial charge on any atom is 0.121 e. The van der Waals surface area contributed by atoms with E-state index in [-0.39, 0.29) is 0 Å². The second kappa shape index (κ2) is 3.41. The minimum Gasteiger partial charge on any atom is -0.507 e. The number of benzene rings is 1. The minimum absolute atomic E-state index is 0.453. The van der Waals surface area contributed by atoms with Crippen LogP contribution in [0.1, 0.15) is 42.0 Å². The van der Waals surface area contributed by atoms with Crippen molar-refractivity contribution in [1.29, 1.82) is 0 Å². The molecular weight excluding hydrogens is 160 g/mol. The fourth-order valence-electron chi connectivity index (χ4n) is 2.08. The number of aromatic hydroxyl groups is 1. The van der Waals surface area contributed by atoms with Gasteiger partial charge in [-0.15, -0.1) is 0 Å². The van der Waals surface area contributed by atoms with E-state index in [9.17, 15) is 5.11 Å². The summed E-state index contributed by atoms with van der Waals surface area (Å²) >= 11 is 0. The molecule has 1 rings (SSSR count). The highest BCUT2D eigenvalue weighted by molar-refractivity contribution is 5.49. The molecule has 0 aliphatic heterocycles. The number of aryl methyl sites for hydroxylation is 2. The number of hydrogen-bond donors (Lipinski definition) is 1. The molecule has 0 unspecified atom stereocenters. The van der Waals surface area contributed by atoms with E-state index in [1.807, 2.05) is 13.8 Å². The Morgan fingerprint density at radius 1 is 1.08 bits per heavy atom. The Kier molecular flexibility index (Phi) is 2.65. The van der Waals surface area contributed by atoms with Crippen molar-refractivity contribution < 1.29 is 5.11 Å². The molecule has 0 saturated heterocycles. The van der Waals surface area contributed by atoms with Crippen LogP contribution in [0.5, 0.6) is 5.75 Å². The molecule has 0 aliphatic rings. The van der Waals surface area contributed by atoms with Gasteiger partial charge in [-0.3, -0.25) is 0 Å². The highest BCUT2D eigenvalue weighted by Gasteiger charge is 2.12. The summed E-state index contributed by atoms with van der Waals surface area (Å²) < 4.78 is 0. The zero-order valence-electron chi connectivity index (χ0n) is 9.10. The quantitative estimate of drug-likeness (QED) is 0.698. The van der Waals surface area contributed by atoms with Gasteiger partial charge in [-0.2, -0.15) is 0 Å². The fraction of sp³-hybridized carbons (Fsp3) is 0.500. The monoisotopic (exact) mass is 178 g/mol. The first-order valence-corrected chi connectivity index (χ1v) is 4.74. The summed E-state index contributed by atoms with van der Waals surface area (Å²) in [6.45, 7) is 10.4. The Morgan fingerprint density at radius 3 is 2.08 bits per heavy atom. The van der Waals surface area contributed by atoms with E-state index >= 15 is 0 Å². The smallest absolute Gasteiger partial charge is 0.121 e. The van der Waals surface area contributed by atoms with Gasteiger partial charge < -0.3 is 5.11 Å². The van der Waals surface area contributed by atoms with E-state index in [2.05, 4.69) is 26.8 Å². The van der Waals surface area contributed by atoms with E-state index in [0.29, 0.717) is 11.7 Å². The number of rotatable bonds is 1. The lowest BCUT2D eigenvalue weighted by atomic mass is 9.91. The molecular formula is C12H18O. The summed E-state index contributed by atoms with van der Waals surface area (Å²) in [5.74, 6) is 0.931. The van der Waals surface area contributed by atoms with Gasteiger partial charge in [0, 0.05) is 0 Å². The molecule has 0 amide bonds. The first-order valence-electron chi connectivity index (χ1n) is 4.74. The molecule has 0 bridgehead atoms. The van der Waals surface area contributed by atoms with Crippen LogP contribution in [0.15, 0.2) is 6.07 Å². The van der Waals surface area contributed by atoms with E-state index in [1.165, 1.54) is 11.1 Å². The summed E-state index contributed by atoms with van der Waals surface area (Å²) in [5, 5.41) is 9.76. The second-order valence-electron chi connectivity index (χ2n) is 4.05. The predicted octanol–water partition coefficient (Wildman–Crippen LogP) is 3.44. The van der Waals surface area contributed by atoms with Gasteiger partial charge in [0.2, 0.25) is 0 Å². The Bertz CT molecular complexity index is 324. The van der Waals surface area contributed by atoms with Crippen LogP contribution in [0.3, 0.4) is 0 Å². The van der Waals surface area contributed by atoms with Crippen molar-refractivity contribution in [2.75, 3.05) is 0 Å². The molecule has 0 atom stereocenters. The fourth-order valence-corrected chi connectivity index (χ4v) is 2.08. The molecule has 0 spiro atoms. The van der Waals surface area contributed by atoms with Gasteiger partial charge in [0.05, 0.1) is 0 Å². The molecule has 1 aromatic carbocycles. The van der Waals surface area contributed by atoms with Crippen molar-refractivity contribution in [2.45, 2.75) is 40.5 Å². The average Bonchev–Trinajstić information content (AvgIpc) is 1.99. The molecule has 1 heteroatoms. The number of phenolic OH excluding ortho intramolecular Hbond substituents is 1. The van der Waals surface area contributed by atoms with Crippen LogP contribution < -0.4 is 0 Å². The summed E-state index contributed by atoms with van der Waals surface area (Å²) in [5.41, 5.74) is 4.57. The summed E-state index contributed by atoms with van der Waals surface area (Å²) in [6, 6.07) is 2.05. The normalized spacial score (nSPS) is 10.9. The molecule has 0 aromatic heterocycles. The van der Waals surface area contributed by atoms with Crippen LogP contribution in [0.2, 0.25) is 0 Å². The number of phenols is 1. The van der Waals surface area contributed by atoms with Crippen LogP contribution in [0, 0.1) is 20.8 Å². The van der Waals surface area contributed by atoms with Gasteiger partial charge in [0.15, 0.2) is 0 Å². The van der Waals surface area contributed by atoms with E-state index < -0.39 is 0 Å². The Morgan fingerprint density at radius 2 is 1.62 bits per heavy atom. The van der Waals surface area contributed by atoms with Gasteiger partial charge in [0.25, 0.3) is 0 Å². The molecule has 72 valence electrons. The van der Waals surface area contributed by atoms with E-state index in [1.54, 1.807) is 0 Å². The third-order valence-corrected chi connectivity index (χ3v) is 2.57. The third kappa shape index (κ3) is 1.69. The Hall–Kier alpha value is -0.980. The van der Waals surface area contributed by atoms with Crippen LogP contribution in [0.4, 0.5) is 0 Å². The van der Waals surface area contributed by atoms with Gasteiger partial charge in [-0.25, -0.2) is 0 Å². The van der Waals surface area contributed by atoms with E-state index in [4.69, 9.17) is 0 Å². The van der Waals surface area contributed by atoms with Crippen LogP contribution in [-0.2, 0) is 0 Å². The first-order chi connectivity index (χ1) is 5.95. The zero-order chi connectivity index (χ0) is 10.2. The van der Waals surface area contributed by atoms with E-state index in [0.717, 1.165) is 11.1 Å². The standard InChI is InChI=1S/C12H18O/c1-7(2)11-8(3)6-9(4)12(13)10(11)5/h6-7,13H,1-5H3. The minimum atomic E-state index is 0.453. The largest absolute Gasteiger partial charge is 0.507 e. The molecule has 13 heavy (non-hydrogen) atoms. The average molecular weight is 178 g/mol. The van der Waals surface area contributed by atoms with Crippen molar-refractivity contribution in [3.05, 3.63) is 28.3 Å². The van der Waals surface area contributed by atoms with Crippen LogP contribution in [0.25, 0.3) is 0 Å². The summed E-state index contributed by atoms with van der Waals surface area (Å²) in [4.78, 5) is 0. The van der Waals surface area contributed by atoms with Gasteiger partial charge >= 0.3 is 0 Å². The molecule has 1 nitrogen and oxygen atoms in total. The van der Waals surface area contributed by atoms with Gasteiger partial charge in [0.1, 0.15) is 5.75 Å². The van der Waals surface area contributed by atoms with Crippen molar-refractivity contribution in [1.82, 2.24) is 0 Å². The zero-order valence-corrected chi connectivity index (χ0v) is 9.10. The molecule has 0 radical (unpaired) electrons. The highest BCUT2D eigenvalue weighted by atomic mass is 16.3. The maximum atomic E-state index is 9.76. The van der Waals surface area contributed by atoms with Gasteiger partial charge in [-0.05, 0) is 48.9 Å². The summed E-state index contributed by atoms with van der Waals surface area (Å²) in [7, 11) is 0.